The molecule has 0 amide bonds. The summed E-state index contributed by atoms with van der Waals surface area (Å²) >= 11 is 0. The third-order valence-electron chi connectivity index (χ3n) is 6.72. The maximum atomic E-state index is 11.0. The average molecular weight is 499 g/mol. The van der Waals surface area contributed by atoms with Crippen molar-refractivity contribution in [3.8, 4) is 0 Å². The Balaban J connectivity index is 1.72. The van der Waals surface area contributed by atoms with Crippen molar-refractivity contribution in [1.29, 1.82) is 0 Å². The van der Waals surface area contributed by atoms with Crippen LogP contribution in [-0.4, -0.2) is 143 Å². The van der Waals surface area contributed by atoms with Gasteiger partial charge in [0.1, 0.15) is 61.0 Å². The molecule has 0 aromatic carbocycles. The summed E-state index contributed by atoms with van der Waals surface area (Å²) in [6.07, 6.45) is -15.3. The van der Waals surface area contributed by atoms with Crippen molar-refractivity contribution in [1.82, 2.24) is 0 Å². The van der Waals surface area contributed by atoms with Crippen molar-refractivity contribution in [2.75, 3.05) is 20.3 Å². The zero-order valence-electron chi connectivity index (χ0n) is 18.8. The van der Waals surface area contributed by atoms with Gasteiger partial charge in [-0.05, 0) is 6.42 Å². The Kier molecular flexibility index (Phi) is 9.57. The highest BCUT2D eigenvalue weighted by atomic mass is 16.7. The van der Waals surface area contributed by atoms with Crippen LogP contribution in [0.2, 0.25) is 0 Å². The Morgan fingerprint density at radius 3 is 1.76 bits per heavy atom. The van der Waals surface area contributed by atoms with E-state index in [0.717, 1.165) is 0 Å². The largest absolute Gasteiger partial charge is 0.394 e. The second kappa shape index (κ2) is 11.6. The molecule has 2 saturated heterocycles. The van der Waals surface area contributed by atoms with Crippen LogP contribution in [0.25, 0.3) is 0 Å². The molecule has 0 bridgehead atoms. The molecular formula is C19H38N4O11. The van der Waals surface area contributed by atoms with Gasteiger partial charge in [-0.25, -0.2) is 0 Å². The number of nitrogens with two attached hydrogens (primary N) is 4. The SMILES string of the molecule is CO[C@@H]1C(CO)O[C@@H](OC2[C@H](N)CC(N)[C@@H](O[C@@H]3OC(CN)[C@@H](O)[C@H](O)C3O)[C@@H]2O)C(O)[C@H]1N. The lowest BCUT2D eigenvalue weighted by atomic mass is 9.84. The fraction of sp³-hybridized carbons (Fsp3) is 1.00. The highest BCUT2D eigenvalue weighted by Gasteiger charge is 2.51. The van der Waals surface area contributed by atoms with E-state index in [1.807, 2.05) is 0 Å². The van der Waals surface area contributed by atoms with Crippen LogP contribution in [0.1, 0.15) is 6.42 Å². The van der Waals surface area contributed by atoms with Gasteiger partial charge in [0.2, 0.25) is 0 Å². The molecule has 34 heavy (non-hydrogen) atoms. The van der Waals surface area contributed by atoms with Crippen LogP contribution in [0.5, 0.6) is 0 Å². The second-order valence-electron chi connectivity index (χ2n) is 9.00. The van der Waals surface area contributed by atoms with E-state index in [-0.39, 0.29) is 13.0 Å². The molecule has 3 fully saturated rings. The Labute approximate surface area is 196 Å². The van der Waals surface area contributed by atoms with Crippen molar-refractivity contribution in [2.24, 2.45) is 22.9 Å². The van der Waals surface area contributed by atoms with E-state index in [1.165, 1.54) is 7.11 Å². The maximum Gasteiger partial charge on any atom is 0.187 e. The minimum Gasteiger partial charge on any atom is -0.394 e. The first-order valence-corrected chi connectivity index (χ1v) is 11.2. The summed E-state index contributed by atoms with van der Waals surface area (Å²) < 4.78 is 27.8. The molecule has 0 aromatic rings. The summed E-state index contributed by atoms with van der Waals surface area (Å²) in [6.45, 7) is -0.617. The van der Waals surface area contributed by atoms with Gasteiger partial charge in [-0.3, -0.25) is 0 Å². The van der Waals surface area contributed by atoms with E-state index in [1.54, 1.807) is 0 Å². The lowest BCUT2D eigenvalue weighted by Gasteiger charge is -2.48. The van der Waals surface area contributed by atoms with Crippen molar-refractivity contribution in [3.05, 3.63) is 0 Å². The molecule has 2 heterocycles. The third kappa shape index (κ3) is 5.39. The summed E-state index contributed by atoms with van der Waals surface area (Å²) in [5.74, 6) is 0. The van der Waals surface area contributed by atoms with Gasteiger partial charge in [0, 0.05) is 25.7 Å². The van der Waals surface area contributed by atoms with Gasteiger partial charge in [0.05, 0.1) is 12.6 Å². The van der Waals surface area contributed by atoms with Crippen molar-refractivity contribution >= 4 is 0 Å². The Hall–Kier alpha value is -0.600. The van der Waals surface area contributed by atoms with Crippen LogP contribution in [0, 0.1) is 0 Å². The molecule has 1 saturated carbocycles. The first-order chi connectivity index (χ1) is 16.0. The van der Waals surface area contributed by atoms with E-state index < -0.39 is 98.4 Å². The highest BCUT2D eigenvalue weighted by molar-refractivity contribution is 5.01. The standard InChI is InChI=1S/C19H38N4O11/c1-30-17-8(4-24)32-18(11(26)9(17)23)33-15-5(21)2-6(22)16(14(15)29)34-19-13(28)12(27)10(25)7(3-20)31-19/h5-19,24-29H,2-4,20-23H2,1H3/t5-,6?,7?,8?,9-,10-,11?,12+,13?,14-,15?,16-,17-,18+,19+/m1/s1. The monoisotopic (exact) mass is 498 g/mol. The predicted octanol–water partition coefficient (Wildman–Crippen LogP) is -6.64. The van der Waals surface area contributed by atoms with E-state index >= 15 is 0 Å². The molecule has 200 valence electrons. The molecule has 15 nitrogen and oxygen atoms in total. The second-order valence-corrected chi connectivity index (χ2v) is 9.00. The molecule has 3 aliphatic rings. The minimum absolute atomic E-state index is 0.111. The first kappa shape index (κ1) is 28.0. The van der Waals surface area contributed by atoms with Gasteiger partial charge in [-0.15, -0.1) is 0 Å². The van der Waals surface area contributed by atoms with Gasteiger partial charge in [-0.2, -0.15) is 0 Å². The fourth-order valence-corrected chi connectivity index (χ4v) is 4.69. The molecular weight excluding hydrogens is 460 g/mol. The van der Waals surface area contributed by atoms with Crippen LogP contribution in [0.15, 0.2) is 0 Å². The molecule has 14 N–H and O–H groups in total. The van der Waals surface area contributed by atoms with Crippen molar-refractivity contribution in [3.63, 3.8) is 0 Å². The van der Waals surface area contributed by atoms with E-state index in [2.05, 4.69) is 0 Å². The Morgan fingerprint density at radius 1 is 0.735 bits per heavy atom. The zero-order valence-corrected chi connectivity index (χ0v) is 18.8. The van der Waals surface area contributed by atoms with Crippen LogP contribution in [0.3, 0.4) is 0 Å². The summed E-state index contributed by atoms with van der Waals surface area (Å²) in [4.78, 5) is 0. The lowest BCUT2D eigenvalue weighted by Crippen LogP contribution is -2.68. The number of ether oxygens (including phenoxy) is 5. The molecule has 3 rings (SSSR count). The van der Waals surface area contributed by atoms with Crippen molar-refractivity contribution < 1.29 is 54.3 Å². The number of hydrogen-bond acceptors (Lipinski definition) is 15. The van der Waals surface area contributed by atoms with Gasteiger partial charge in [0.25, 0.3) is 0 Å². The third-order valence-corrected chi connectivity index (χ3v) is 6.72. The molecule has 0 aromatic heterocycles. The number of rotatable bonds is 7. The number of hydrogen-bond donors (Lipinski definition) is 10. The maximum absolute atomic E-state index is 11.0. The minimum atomic E-state index is -1.65. The zero-order chi connectivity index (χ0) is 25.3. The van der Waals surface area contributed by atoms with Crippen LogP contribution in [0.4, 0.5) is 0 Å². The van der Waals surface area contributed by atoms with Gasteiger partial charge in [-0.1, -0.05) is 0 Å². The highest BCUT2D eigenvalue weighted by Crippen LogP contribution is 2.31. The summed E-state index contributed by atoms with van der Waals surface area (Å²) in [5.41, 5.74) is 23.8. The average Bonchev–Trinajstić information content (AvgIpc) is 2.81. The van der Waals surface area contributed by atoms with Gasteiger partial charge < -0.3 is 77.3 Å². The number of methoxy groups -OCH3 is 1. The quantitative estimate of drug-likeness (QED) is 0.156. The molecule has 2 aliphatic heterocycles. The predicted molar refractivity (Wildman–Crippen MR) is 113 cm³/mol. The molecule has 0 spiro atoms. The number of aliphatic hydroxyl groups excluding tert-OH is 6. The molecule has 15 atom stereocenters. The Morgan fingerprint density at radius 2 is 1.26 bits per heavy atom. The lowest BCUT2D eigenvalue weighted by molar-refractivity contribution is -0.332. The molecule has 15 heteroatoms. The van der Waals surface area contributed by atoms with E-state index in [0.29, 0.717) is 0 Å². The van der Waals surface area contributed by atoms with Crippen LogP contribution >= 0.6 is 0 Å². The fourth-order valence-electron chi connectivity index (χ4n) is 4.69. The smallest absolute Gasteiger partial charge is 0.187 e. The normalized spacial score (nSPS) is 52.5. The molecule has 1 aliphatic carbocycles. The van der Waals surface area contributed by atoms with Gasteiger partial charge in [0.15, 0.2) is 12.6 Å². The summed E-state index contributed by atoms with van der Waals surface area (Å²) in [6, 6.07) is -2.58. The Bertz CT molecular complexity index is 649. The van der Waals surface area contributed by atoms with Crippen LogP contribution in [-0.2, 0) is 23.7 Å². The molecule has 6 unspecified atom stereocenters. The van der Waals surface area contributed by atoms with E-state index in [4.69, 9.17) is 46.6 Å². The summed E-state index contributed by atoms with van der Waals surface area (Å²) in [7, 11) is 1.36. The van der Waals surface area contributed by atoms with E-state index in [9.17, 15) is 30.6 Å². The topological polar surface area (TPSA) is 272 Å². The first-order valence-electron chi connectivity index (χ1n) is 11.2. The van der Waals surface area contributed by atoms with Crippen LogP contribution < -0.4 is 22.9 Å². The van der Waals surface area contributed by atoms with Gasteiger partial charge >= 0.3 is 0 Å². The summed E-state index contributed by atoms with van der Waals surface area (Å²) in [5, 5.41) is 61.5. The molecule has 0 radical (unpaired) electrons. The van der Waals surface area contributed by atoms with Crippen molar-refractivity contribution in [2.45, 2.75) is 98.2 Å². The number of aliphatic hydroxyl groups is 6.